The van der Waals surface area contributed by atoms with Crippen molar-refractivity contribution in [2.24, 2.45) is 0 Å². The number of amides is 3. The Labute approximate surface area is 192 Å². The molecule has 0 atom stereocenters. The number of thiazole rings is 2. The van der Waals surface area contributed by atoms with E-state index in [0.717, 1.165) is 21.5 Å². The average molecular weight is 468 g/mol. The summed E-state index contributed by atoms with van der Waals surface area (Å²) in [5.74, 6) is 0.547. The summed E-state index contributed by atoms with van der Waals surface area (Å²) >= 11 is 2.65. The SMILES string of the molecule is CCOc1ccc2nc(NC(=O)Cc3csc(NC(=O)Nc4cccc(C)c4)n3)sc2c1. The zero-order chi connectivity index (χ0) is 22.5. The molecule has 0 aliphatic rings. The van der Waals surface area contributed by atoms with E-state index < -0.39 is 0 Å². The third-order valence-electron chi connectivity index (χ3n) is 4.31. The lowest BCUT2D eigenvalue weighted by molar-refractivity contribution is -0.115. The summed E-state index contributed by atoms with van der Waals surface area (Å²) in [7, 11) is 0. The molecule has 0 unspecified atom stereocenters. The Morgan fingerprint density at radius 3 is 2.72 bits per heavy atom. The van der Waals surface area contributed by atoms with Crippen molar-refractivity contribution in [3.8, 4) is 5.75 Å². The van der Waals surface area contributed by atoms with E-state index in [9.17, 15) is 9.59 Å². The van der Waals surface area contributed by atoms with Gasteiger partial charge in [-0.05, 0) is 49.7 Å². The number of nitrogens with zero attached hydrogens (tertiary/aromatic N) is 2. The number of aryl methyl sites for hydroxylation is 1. The number of carbonyl (C=O) groups is 2. The van der Waals surface area contributed by atoms with Gasteiger partial charge in [0.2, 0.25) is 5.91 Å². The highest BCUT2D eigenvalue weighted by Gasteiger charge is 2.13. The lowest BCUT2D eigenvalue weighted by atomic mass is 10.2. The summed E-state index contributed by atoms with van der Waals surface area (Å²) in [6, 6.07) is 12.7. The highest BCUT2D eigenvalue weighted by molar-refractivity contribution is 7.22. The van der Waals surface area contributed by atoms with Gasteiger partial charge in [-0.2, -0.15) is 0 Å². The van der Waals surface area contributed by atoms with Gasteiger partial charge >= 0.3 is 6.03 Å². The van der Waals surface area contributed by atoms with Crippen molar-refractivity contribution >= 4 is 60.8 Å². The highest BCUT2D eigenvalue weighted by Crippen LogP contribution is 2.29. The number of benzene rings is 2. The molecule has 4 aromatic rings. The minimum absolute atomic E-state index is 0.0812. The van der Waals surface area contributed by atoms with Crippen molar-refractivity contribution in [1.29, 1.82) is 0 Å². The van der Waals surface area contributed by atoms with Crippen molar-refractivity contribution in [3.63, 3.8) is 0 Å². The maximum absolute atomic E-state index is 12.4. The lowest BCUT2D eigenvalue weighted by Crippen LogP contribution is -2.19. The molecule has 0 saturated carbocycles. The summed E-state index contributed by atoms with van der Waals surface area (Å²) in [5.41, 5.74) is 3.11. The number of rotatable bonds is 7. The molecule has 0 fully saturated rings. The van der Waals surface area contributed by atoms with E-state index in [4.69, 9.17) is 4.74 Å². The Hall–Kier alpha value is -3.50. The summed E-state index contributed by atoms with van der Waals surface area (Å²) < 4.78 is 6.44. The Morgan fingerprint density at radius 2 is 1.91 bits per heavy atom. The van der Waals surface area contributed by atoms with E-state index in [2.05, 4.69) is 25.9 Å². The second kappa shape index (κ2) is 9.75. The van der Waals surface area contributed by atoms with Crippen LogP contribution in [0.1, 0.15) is 18.2 Å². The van der Waals surface area contributed by atoms with E-state index in [1.165, 1.54) is 22.7 Å². The molecule has 8 nitrogen and oxygen atoms in total. The predicted octanol–water partition coefficient (Wildman–Crippen LogP) is 5.29. The van der Waals surface area contributed by atoms with Gasteiger partial charge in [-0.15, -0.1) is 11.3 Å². The van der Waals surface area contributed by atoms with Crippen molar-refractivity contribution in [1.82, 2.24) is 9.97 Å². The fourth-order valence-electron chi connectivity index (χ4n) is 2.97. The zero-order valence-electron chi connectivity index (χ0n) is 17.5. The minimum atomic E-state index is -0.387. The third-order valence-corrected chi connectivity index (χ3v) is 6.05. The molecule has 2 aromatic carbocycles. The molecule has 32 heavy (non-hydrogen) atoms. The highest BCUT2D eigenvalue weighted by atomic mass is 32.1. The van der Waals surface area contributed by atoms with E-state index in [1.807, 2.05) is 56.3 Å². The van der Waals surface area contributed by atoms with Crippen LogP contribution in [0.5, 0.6) is 5.75 Å². The minimum Gasteiger partial charge on any atom is -0.494 e. The quantitative estimate of drug-likeness (QED) is 0.343. The molecule has 3 N–H and O–H groups in total. The number of fused-ring (bicyclic) bond motifs is 1. The molecule has 2 aromatic heterocycles. The van der Waals surface area contributed by atoms with Crippen molar-refractivity contribution < 1.29 is 14.3 Å². The van der Waals surface area contributed by atoms with Gasteiger partial charge in [0.05, 0.1) is 28.9 Å². The third kappa shape index (κ3) is 5.59. The van der Waals surface area contributed by atoms with E-state index in [-0.39, 0.29) is 18.4 Å². The fraction of sp³-hybridized carbons (Fsp3) is 0.182. The van der Waals surface area contributed by atoms with Crippen LogP contribution in [0.2, 0.25) is 0 Å². The average Bonchev–Trinajstić information content (AvgIpc) is 3.33. The van der Waals surface area contributed by atoms with Gasteiger partial charge in [-0.3, -0.25) is 10.1 Å². The monoisotopic (exact) mass is 467 g/mol. The lowest BCUT2D eigenvalue weighted by Gasteiger charge is -2.05. The number of anilines is 3. The Balaban J connectivity index is 1.32. The molecule has 0 spiro atoms. The molecular weight excluding hydrogens is 446 g/mol. The number of nitrogens with one attached hydrogen (secondary N) is 3. The van der Waals surface area contributed by atoms with Crippen LogP contribution in [-0.4, -0.2) is 28.5 Å². The van der Waals surface area contributed by atoms with Gasteiger partial charge in [0, 0.05) is 11.1 Å². The van der Waals surface area contributed by atoms with Crippen LogP contribution in [0.25, 0.3) is 10.2 Å². The Morgan fingerprint density at radius 1 is 1.03 bits per heavy atom. The Kier molecular flexibility index (Phi) is 6.62. The fourth-order valence-corrected chi connectivity index (χ4v) is 4.59. The number of aromatic nitrogens is 2. The first-order chi connectivity index (χ1) is 15.5. The molecule has 0 bridgehead atoms. The van der Waals surface area contributed by atoms with Gasteiger partial charge in [-0.25, -0.2) is 14.8 Å². The number of carbonyl (C=O) groups excluding carboxylic acids is 2. The first-order valence-corrected chi connectivity index (χ1v) is 11.6. The van der Waals surface area contributed by atoms with Crippen LogP contribution in [0.15, 0.2) is 47.8 Å². The Bertz CT molecular complexity index is 1270. The molecule has 2 heterocycles. The van der Waals surface area contributed by atoms with Crippen molar-refractivity contribution in [2.45, 2.75) is 20.3 Å². The zero-order valence-corrected chi connectivity index (χ0v) is 19.1. The standard InChI is InChI=1S/C22H21N5O3S2/c1-3-30-16-7-8-17-18(11-16)32-22(25-17)26-19(28)10-15-12-31-21(24-15)27-20(29)23-14-6-4-5-13(2)9-14/h4-9,11-12H,3,10H2,1-2H3,(H,25,26,28)(H2,23,24,27,29). The predicted molar refractivity (Wildman–Crippen MR) is 129 cm³/mol. The maximum atomic E-state index is 12.4. The first-order valence-electron chi connectivity index (χ1n) is 9.91. The topological polar surface area (TPSA) is 105 Å². The van der Waals surface area contributed by atoms with E-state index in [1.54, 1.807) is 5.38 Å². The maximum Gasteiger partial charge on any atom is 0.325 e. The number of hydrogen-bond acceptors (Lipinski definition) is 7. The van der Waals surface area contributed by atoms with Crippen molar-refractivity contribution in [3.05, 3.63) is 59.1 Å². The molecule has 0 aliphatic heterocycles. The molecule has 0 aliphatic carbocycles. The second-order valence-corrected chi connectivity index (χ2v) is 8.79. The van der Waals surface area contributed by atoms with Gasteiger partial charge in [0.25, 0.3) is 0 Å². The van der Waals surface area contributed by atoms with Crippen LogP contribution in [0.3, 0.4) is 0 Å². The van der Waals surface area contributed by atoms with Gasteiger partial charge in [-0.1, -0.05) is 23.5 Å². The first kappa shape index (κ1) is 21.7. The molecule has 0 saturated heterocycles. The molecule has 164 valence electrons. The van der Waals surface area contributed by atoms with E-state index in [0.29, 0.717) is 28.3 Å². The van der Waals surface area contributed by atoms with Crippen LogP contribution in [-0.2, 0) is 11.2 Å². The summed E-state index contributed by atoms with van der Waals surface area (Å²) in [5, 5.41) is 10.9. The van der Waals surface area contributed by atoms with Gasteiger partial charge in [0.1, 0.15) is 5.75 Å². The second-order valence-electron chi connectivity index (χ2n) is 6.90. The molecular formula is C22H21N5O3S2. The number of urea groups is 1. The molecule has 4 rings (SSSR count). The number of ether oxygens (including phenoxy) is 1. The van der Waals surface area contributed by atoms with Crippen LogP contribution in [0.4, 0.5) is 20.7 Å². The molecule has 3 amide bonds. The van der Waals surface area contributed by atoms with Crippen molar-refractivity contribution in [2.75, 3.05) is 22.6 Å². The van der Waals surface area contributed by atoms with Crippen LogP contribution in [0, 0.1) is 6.92 Å². The summed E-state index contributed by atoms with van der Waals surface area (Å²) in [4.78, 5) is 33.3. The largest absolute Gasteiger partial charge is 0.494 e. The van der Waals surface area contributed by atoms with Gasteiger partial charge in [0.15, 0.2) is 10.3 Å². The van der Waals surface area contributed by atoms with E-state index >= 15 is 0 Å². The smallest absolute Gasteiger partial charge is 0.325 e. The summed E-state index contributed by atoms with van der Waals surface area (Å²) in [6.45, 7) is 4.47. The number of hydrogen-bond donors (Lipinski definition) is 3. The van der Waals surface area contributed by atoms with Crippen LogP contribution < -0.4 is 20.7 Å². The van der Waals surface area contributed by atoms with Crippen LogP contribution >= 0.6 is 22.7 Å². The molecule has 10 heteroatoms. The summed E-state index contributed by atoms with van der Waals surface area (Å²) in [6.07, 6.45) is 0.0812. The normalized spacial score (nSPS) is 10.7. The van der Waals surface area contributed by atoms with Gasteiger partial charge < -0.3 is 15.4 Å². The molecule has 0 radical (unpaired) electrons.